The summed E-state index contributed by atoms with van der Waals surface area (Å²) in [5, 5.41) is 7.00. The number of halogens is 1. The lowest BCUT2D eigenvalue weighted by atomic mass is 10.3. The van der Waals surface area contributed by atoms with E-state index in [4.69, 9.17) is 11.6 Å². The van der Waals surface area contributed by atoms with E-state index in [9.17, 15) is 4.79 Å². The number of anilines is 1. The zero-order chi connectivity index (χ0) is 10.7. The van der Waals surface area contributed by atoms with Crippen LogP contribution in [0, 0.1) is 0 Å². The van der Waals surface area contributed by atoms with Gasteiger partial charge in [-0.3, -0.25) is 4.79 Å². The van der Waals surface area contributed by atoms with E-state index in [1.54, 1.807) is 13.1 Å². The molecule has 0 bridgehead atoms. The second kappa shape index (κ2) is 4.28. The molecule has 5 heteroatoms. The molecule has 1 heterocycles. The fraction of sp³-hybridized carbons (Fsp3) is 0.333. The zero-order valence-electron chi connectivity index (χ0n) is 8.12. The summed E-state index contributed by atoms with van der Waals surface area (Å²) in [6.45, 7) is 5.52. The van der Waals surface area contributed by atoms with Crippen molar-refractivity contribution in [1.82, 2.24) is 9.78 Å². The molecule has 1 N–H and O–H groups in total. The predicted molar refractivity (Wildman–Crippen MR) is 57.8 cm³/mol. The van der Waals surface area contributed by atoms with Gasteiger partial charge in [0.2, 0.25) is 0 Å². The minimum atomic E-state index is -0.312. The maximum atomic E-state index is 11.4. The van der Waals surface area contributed by atoms with Crippen LogP contribution in [0.5, 0.6) is 0 Å². The molecule has 0 saturated carbocycles. The van der Waals surface area contributed by atoms with Gasteiger partial charge in [-0.15, -0.1) is 6.58 Å². The maximum Gasteiger partial charge on any atom is 0.287 e. The molecule has 0 radical (unpaired) electrons. The van der Waals surface area contributed by atoms with Gasteiger partial charge in [-0.25, -0.2) is 4.68 Å². The molecule has 0 aliphatic heterocycles. The molecule has 0 aliphatic carbocycles. The Bertz CT molecular complexity index is 400. The first-order valence-electron chi connectivity index (χ1n) is 4.17. The van der Waals surface area contributed by atoms with Crippen molar-refractivity contribution in [3.63, 3.8) is 0 Å². The van der Waals surface area contributed by atoms with Crippen molar-refractivity contribution < 1.29 is 0 Å². The van der Waals surface area contributed by atoms with Crippen molar-refractivity contribution in [2.75, 3.05) is 5.32 Å². The third-order valence-corrected chi connectivity index (χ3v) is 2.18. The van der Waals surface area contributed by atoms with Gasteiger partial charge in [-0.2, -0.15) is 5.10 Å². The average molecular weight is 214 g/mol. The first-order valence-corrected chi connectivity index (χ1v) is 4.55. The molecule has 0 aliphatic rings. The van der Waals surface area contributed by atoms with Gasteiger partial charge in [0.25, 0.3) is 5.56 Å². The zero-order valence-corrected chi connectivity index (χ0v) is 8.88. The molecule has 0 aromatic carbocycles. The summed E-state index contributed by atoms with van der Waals surface area (Å²) >= 11 is 5.83. The number of nitrogens with one attached hydrogen (secondary N) is 1. The molecule has 0 amide bonds. The third-order valence-electron chi connectivity index (χ3n) is 1.81. The molecule has 76 valence electrons. The Morgan fingerprint density at radius 1 is 1.79 bits per heavy atom. The monoisotopic (exact) mass is 213 g/mol. The summed E-state index contributed by atoms with van der Waals surface area (Å²) in [6.07, 6.45) is 3.23. The van der Waals surface area contributed by atoms with Crippen molar-refractivity contribution >= 4 is 17.3 Å². The lowest BCUT2D eigenvalue weighted by Gasteiger charge is -2.11. The third kappa shape index (κ3) is 2.14. The van der Waals surface area contributed by atoms with Crippen LogP contribution in [0.1, 0.15) is 6.92 Å². The predicted octanol–water partition coefficient (Wildman–Crippen LogP) is 1.42. The van der Waals surface area contributed by atoms with Gasteiger partial charge >= 0.3 is 0 Å². The number of aryl methyl sites for hydroxylation is 1. The first kappa shape index (κ1) is 10.8. The van der Waals surface area contributed by atoms with Gasteiger partial charge in [-0.1, -0.05) is 17.7 Å². The fourth-order valence-corrected chi connectivity index (χ4v) is 1.14. The fourth-order valence-electron chi connectivity index (χ4n) is 0.916. The standard InChI is InChI=1S/C9H12ClN3O/c1-4-6(2)12-7-5-11-13(3)9(14)8(7)10/h4-6,12H,1H2,2-3H3. The Morgan fingerprint density at radius 3 is 3.00 bits per heavy atom. The Hall–Kier alpha value is -1.29. The minimum Gasteiger partial charge on any atom is -0.376 e. The van der Waals surface area contributed by atoms with E-state index in [0.717, 1.165) is 0 Å². The highest BCUT2D eigenvalue weighted by Crippen LogP contribution is 2.15. The van der Waals surface area contributed by atoms with E-state index < -0.39 is 0 Å². The maximum absolute atomic E-state index is 11.4. The molecular weight excluding hydrogens is 202 g/mol. The van der Waals surface area contributed by atoms with Crippen molar-refractivity contribution in [2.45, 2.75) is 13.0 Å². The molecule has 0 saturated heterocycles. The van der Waals surface area contributed by atoms with Crippen LogP contribution in [-0.4, -0.2) is 15.8 Å². The quantitative estimate of drug-likeness (QED) is 0.773. The molecule has 1 aromatic rings. The van der Waals surface area contributed by atoms with Crippen molar-refractivity contribution in [3.8, 4) is 0 Å². The average Bonchev–Trinajstić information content (AvgIpc) is 2.19. The number of rotatable bonds is 3. The Morgan fingerprint density at radius 2 is 2.43 bits per heavy atom. The van der Waals surface area contributed by atoms with Gasteiger partial charge in [0.15, 0.2) is 0 Å². The number of aromatic nitrogens is 2. The lowest BCUT2D eigenvalue weighted by molar-refractivity contribution is 0.707. The van der Waals surface area contributed by atoms with Crippen molar-refractivity contribution in [3.05, 3.63) is 34.2 Å². The molecule has 14 heavy (non-hydrogen) atoms. The summed E-state index contributed by atoms with van der Waals surface area (Å²) < 4.78 is 1.19. The van der Waals surface area contributed by atoms with Crippen LogP contribution >= 0.6 is 11.6 Å². The van der Waals surface area contributed by atoms with Crippen molar-refractivity contribution in [1.29, 1.82) is 0 Å². The topological polar surface area (TPSA) is 46.9 Å². The van der Waals surface area contributed by atoms with E-state index in [-0.39, 0.29) is 16.6 Å². The number of hydrogen-bond donors (Lipinski definition) is 1. The highest BCUT2D eigenvalue weighted by molar-refractivity contribution is 6.32. The summed E-state index contributed by atoms with van der Waals surface area (Å²) in [5.74, 6) is 0. The molecule has 1 aromatic heterocycles. The normalized spacial score (nSPS) is 12.2. The van der Waals surface area contributed by atoms with Crippen molar-refractivity contribution in [2.24, 2.45) is 7.05 Å². The van der Waals surface area contributed by atoms with Crippen LogP contribution in [0.2, 0.25) is 5.02 Å². The summed E-state index contributed by atoms with van der Waals surface area (Å²) in [7, 11) is 1.55. The second-order valence-corrected chi connectivity index (χ2v) is 3.35. The second-order valence-electron chi connectivity index (χ2n) is 2.97. The van der Waals surface area contributed by atoms with Crippen LogP contribution in [-0.2, 0) is 7.05 Å². The Kier molecular flexibility index (Phi) is 3.30. The van der Waals surface area contributed by atoms with Gasteiger partial charge in [0.1, 0.15) is 5.02 Å². The molecular formula is C9H12ClN3O. The SMILES string of the molecule is C=CC(C)Nc1cnn(C)c(=O)c1Cl. The van der Waals surface area contributed by atoms with E-state index in [0.29, 0.717) is 5.69 Å². The van der Waals surface area contributed by atoms with Crippen LogP contribution in [0.25, 0.3) is 0 Å². The molecule has 1 atom stereocenters. The molecule has 0 fully saturated rings. The van der Waals surface area contributed by atoms with Crippen LogP contribution in [0.15, 0.2) is 23.6 Å². The Labute approximate surface area is 87.2 Å². The summed E-state index contributed by atoms with van der Waals surface area (Å²) in [6, 6.07) is 0.0430. The van der Waals surface area contributed by atoms with E-state index in [1.807, 2.05) is 6.92 Å². The summed E-state index contributed by atoms with van der Waals surface area (Å²) in [5.41, 5.74) is 0.218. The number of hydrogen-bond acceptors (Lipinski definition) is 3. The van der Waals surface area contributed by atoms with Crippen LogP contribution < -0.4 is 10.9 Å². The van der Waals surface area contributed by atoms with Gasteiger partial charge in [0.05, 0.1) is 11.9 Å². The van der Waals surface area contributed by atoms with E-state index in [1.165, 1.54) is 10.9 Å². The number of nitrogens with zero attached hydrogens (tertiary/aromatic N) is 2. The van der Waals surface area contributed by atoms with Crippen LogP contribution in [0.3, 0.4) is 0 Å². The highest BCUT2D eigenvalue weighted by atomic mass is 35.5. The van der Waals surface area contributed by atoms with Gasteiger partial charge in [0, 0.05) is 13.1 Å². The van der Waals surface area contributed by atoms with Gasteiger partial charge < -0.3 is 5.32 Å². The van der Waals surface area contributed by atoms with E-state index in [2.05, 4.69) is 17.0 Å². The van der Waals surface area contributed by atoms with Gasteiger partial charge in [-0.05, 0) is 6.92 Å². The molecule has 4 nitrogen and oxygen atoms in total. The first-order chi connectivity index (χ1) is 6.56. The largest absolute Gasteiger partial charge is 0.376 e. The van der Waals surface area contributed by atoms with Crippen LogP contribution in [0.4, 0.5) is 5.69 Å². The highest BCUT2D eigenvalue weighted by Gasteiger charge is 2.07. The molecule has 0 spiro atoms. The molecule has 1 unspecified atom stereocenters. The smallest absolute Gasteiger partial charge is 0.287 e. The summed E-state index contributed by atoms with van der Waals surface area (Å²) in [4.78, 5) is 11.4. The molecule has 1 rings (SSSR count). The van der Waals surface area contributed by atoms with E-state index >= 15 is 0 Å². The Balaban J connectivity index is 3.06. The minimum absolute atomic E-state index is 0.0430. The lowest BCUT2D eigenvalue weighted by Crippen LogP contribution is -2.22.